The minimum Gasteiger partial charge on any atom is -0.364 e. The summed E-state index contributed by atoms with van der Waals surface area (Å²) in [6, 6.07) is 20.7. The van der Waals surface area contributed by atoms with Crippen molar-refractivity contribution in [3.8, 4) is 0 Å². The molecule has 1 aliphatic rings. The second-order valence-electron chi connectivity index (χ2n) is 6.80. The fourth-order valence-electron chi connectivity index (χ4n) is 3.68. The minimum atomic E-state index is 0.639. The average molecular weight is 322 g/mol. The Morgan fingerprint density at radius 1 is 0.875 bits per heavy atom. The van der Waals surface area contributed by atoms with E-state index < -0.39 is 0 Å². The first kappa shape index (κ1) is 17.0. The number of likely N-dealkylation sites (tertiary alicyclic amines) is 1. The maximum Gasteiger partial charge on any atom is 0.0432 e. The lowest BCUT2D eigenvalue weighted by atomic mass is 10.0. The second-order valence-corrected chi connectivity index (χ2v) is 6.80. The van der Waals surface area contributed by atoms with Crippen molar-refractivity contribution in [1.82, 2.24) is 4.90 Å². The van der Waals surface area contributed by atoms with Gasteiger partial charge in [0, 0.05) is 31.4 Å². The lowest BCUT2D eigenvalue weighted by molar-refractivity contribution is 0.218. The molecular weight excluding hydrogens is 292 g/mol. The van der Waals surface area contributed by atoms with Crippen molar-refractivity contribution in [3.63, 3.8) is 0 Å². The van der Waals surface area contributed by atoms with Crippen LogP contribution in [-0.2, 0) is 13.0 Å². The number of anilines is 1. The van der Waals surface area contributed by atoms with E-state index in [0.29, 0.717) is 6.04 Å². The fraction of sp³-hybridized carbons (Fsp3) is 0.455. The summed E-state index contributed by atoms with van der Waals surface area (Å²) in [5, 5.41) is 0. The van der Waals surface area contributed by atoms with E-state index in [2.05, 4.69) is 78.2 Å². The third-order valence-corrected chi connectivity index (χ3v) is 5.32. The largest absolute Gasteiger partial charge is 0.364 e. The summed E-state index contributed by atoms with van der Waals surface area (Å²) in [6.45, 7) is 9.11. The summed E-state index contributed by atoms with van der Waals surface area (Å²) in [5.41, 5.74) is 4.18. The maximum atomic E-state index is 2.63. The van der Waals surface area contributed by atoms with Crippen molar-refractivity contribution in [1.29, 1.82) is 0 Å². The van der Waals surface area contributed by atoms with E-state index in [1.165, 1.54) is 49.3 Å². The van der Waals surface area contributed by atoms with Crippen molar-refractivity contribution in [3.05, 3.63) is 65.7 Å². The number of piperidine rings is 1. The number of nitrogens with zero attached hydrogens (tertiary/aromatic N) is 2. The Morgan fingerprint density at radius 2 is 1.54 bits per heavy atom. The Hall–Kier alpha value is -1.80. The van der Waals surface area contributed by atoms with Crippen LogP contribution in [0.3, 0.4) is 0 Å². The van der Waals surface area contributed by atoms with E-state index in [1.54, 1.807) is 0 Å². The van der Waals surface area contributed by atoms with Gasteiger partial charge in [-0.3, -0.25) is 0 Å². The predicted molar refractivity (Wildman–Crippen MR) is 104 cm³/mol. The normalized spacial score (nSPS) is 16.2. The van der Waals surface area contributed by atoms with E-state index in [0.717, 1.165) is 13.0 Å². The molecule has 24 heavy (non-hydrogen) atoms. The lowest BCUT2D eigenvalue weighted by Gasteiger charge is -2.39. The van der Waals surface area contributed by atoms with Crippen LogP contribution in [0, 0.1) is 0 Å². The van der Waals surface area contributed by atoms with Gasteiger partial charge in [-0.05, 0) is 49.1 Å². The molecule has 0 bridgehead atoms. The average Bonchev–Trinajstić information content (AvgIpc) is 2.67. The molecule has 1 saturated heterocycles. The van der Waals surface area contributed by atoms with Gasteiger partial charge in [-0.25, -0.2) is 0 Å². The number of benzene rings is 2. The quantitative estimate of drug-likeness (QED) is 0.758. The van der Waals surface area contributed by atoms with Crippen molar-refractivity contribution in [2.75, 3.05) is 24.5 Å². The van der Waals surface area contributed by atoms with Gasteiger partial charge in [0.1, 0.15) is 0 Å². The smallest absolute Gasteiger partial charge is 0.0432 e. The Kier molecular flexibility index (Phi) is 5.92. The highest BCUT2D eigenvalue weighted by Gasteiger charge is 2.24. The molecule has 0 unspecified atom stereocenters. The molecule has 0 amide bonds. The lowest BCUT2D eigenvalue weighted by Crippen LogP contribution is -2.44. The summed E-state index contributed by atoms with van der Waals surface area (Å²) < 4.78 is 0. The molecule has 0 aromatic heterocycles. The molecule has 1 aliphatic heterocycles. The minimum absolute atomic E-state index is 0.639. The summed E-state index contributed by atoms with van der Waals surface area (Å²) in [6.07, 6.45) is 3.63. The molecule has 0 aliphatic carbocycles. The highest BCUT2D eigenvalue weighted by Crippen LogP contribution is 2.26. The molecule has 3 rings (SSSR count). The molecule has 1 heterocycles. The molecule has 2 heteroatoms. The summed E-state index contributed by atoms with van der Waals surface area (Å²) in [5.74, 6) is 0. The number of hydrogen-bond donors (Lipinski definition) is 0. The van der Waals surface area contributed by atoms with Crippen LogP contribution in [-0.4, -0.2) is 30.6 Å². The molecule has 0 spiro atoms. The predicted octanol–water partition coefficient (Wildman–Crippen LogP) is 4.74. The molecule has 128 valence electrons. The number of rotatable bonds is 6. The molecule has 0 radical (unpaired) electrons. The topological polar surface area (TPSA) is 6.48 Å². The van der Waals surface area contributed by atoms with E-state index >= 15 is 0 Å². The summed E-state index contributed by atoms with van der Waals surface area (Å²) in [4.78, 5) is 5.19. The molecule has 0 atom stereocenters. The van der Waals surface area contributed by atoms with Crippen molar-refractivity contribution in [2.45, 2.75) is 45.7 Å². The van der Waals surface area contributed by atoms with E-state index in [-0.39, 0.29) is 0 Å². The second kappa shape index (κ2) is 8.34. The SMILES string of the molecule is CCc1ccc(N(Cc2ccccc2)C2CCN(CC)CC2)cc1. The van der Waals surface area contributed by atoms with Gasteiger partial charge in [0.25, 0.3) is 0 Å². The van der Waals surface area contributed by atoms with Gasteiger partial charge in [0.15, 0.2) is 0 Å². The Balaban J connectivity index is 1.80. The van der Waals surface area contributed by atoms with Gasteiger partial charge >= 0.3 is 0 Å². The van der Waals surface area contributed by atoms with Crippen LogP contribution in [0.25, 0.3) is 0 Å². The van der Waals surface area contributed by atoms with E-state index in [1.807, 2.05) is 0 Å². The van der Waals surface area contributed by atoms with Gasteiger partial charge < -0.3 is 9.80 Å². The Bertz CT molecular complexity index is 598. The van der Waals surface area contributed by atoms with Crippen LogP contribution in [0.1, 0.15) is 37.8 Å². The number of hydrogen-bond acceptors (Lipinski definition) is 2. The van der Waals surface area contributed by atoms with Crippen LogP contribution in [0.2, 0.25) is 0 Å². The van der Waals surface area contributed by atoms with Crippen molar-refractivity contribution in [2.24, 2.45) is 0 Å². The molecule has 1 fully saturated rings. The highest BCUT2D eigenvalue weighted by atomic mass is 15.2. The van der Waals surface area contributed by atoms with E-state index in [4.69, 9.17) is 0 Å². The van der Waals surface area contributed by atoms with Gasteiger partial charge in [-0.15, -0.1) is 0 Å². The third kappa shape index (κ3) is 4.18. The van der Waals surface area contributed by atoms with Crippen LogP contribution in [0.15, 0.2) is 54.6 Å². The Labute approximate surface area is 147 Å². The standard InChI is InChI=1S/C22H30N2/c1-3-19-10-12-21(13-11-19)24(18-20-8-6-5-7-9-20)22-14-16-23(4-2)17-15-22/h5-13,22H,3-4,14-18H2,1-2H3. The zero-order chi connectivity index (χ0) is 16.8. The highest BCUT2D eigenvalue weighted by molar-refractivity contribution is 5.49. The summed E-state index contributed by atoms with van der Waals surface area (Å²) in [7, 11) is 0. The van der Waals surface area contributed by atoms with Crippen LogP contribution in [0.4, 0.5) is 5.69 Å². The first-order valence-corrected chi connectivity index (χ1v) is 9.42. The monoisotopic (exact) mass is 322 g/mol. The van der Waals surface area contributed by atoms with Crippen LogP contribution in [0.5, 0.6) is 0 Å². The van der Waals surface area contributed by atoms with E-state index in [9.17, 15) is 0 Å². The molecule has 0 saturated carbocycles. The van der Waals surface area contributed by atoms with Crippen molar-refractivity contribution >= 4 is 5.69 Å². The molecule has 0 N–H and O–H groups in total. The molecule has 2 aromatic carbocycles. The zero-order valence-electron chi connectivity index (χ0n) is 15.1. The third-order valence-electron chi connectivity index (χ3n) is 5.32. The van der Waals surface area contributed by atoms with Crippen LogP contribution < -0.4 is 4.90 Å². The zero-order valence-corrected chi connectivity index (χ0v) is 15.1. The van der Waals surface area contributed by atoms with Gasteiger partial charge in [-0.1, -0.05) is 56.3 Å². The first-order chi connectivity index (χ1) is 11.8. The number of aryl methyl sites for hydroxylation is 1. The Morgan fingerprint density at radius 3 is 2.12 bits per heavy atom. The van der Waals surface area contributed by atoms with Crippen LogP contribution >= 0.6 is 0 Å². The van der Waals surface area contributed by atoms with Crippen molar-refractivity contribution < 1.29 is 0 Å². The molecule has 2 nitrogen and oxygen atoms in total. The maximum absolute atomic E-state index is 2.63. The van der Waals surface area contributed by atoms with Gasteiger partial charge in [-0.2, -0.15) is 0 Å². The van der Waals surface area contributed by atoms with Gasteiger partial charge in [0.2, 0.25) is 0 Å². The summed E-state index contributed by atoms with van der Waals surface area (Å²) >= 11 is 0. The van der Waals surface area contributed by atoms with Gasteiger partial charge in [0.05, 0.1) is 0 Å². The molecular formula is C22H30N2. The first-order valence-electron chi connectivity index (χ1n) is 9.42. The molecule has 2 aromatic rings. The fourth-order valence-corrected chi connectivity index (χ4v) is 3.68.